The molecule has 1 saturated heterocycles. The van der Waals surface area contributed by atoms with Crippen molar-refractivity contribution in [1.29, 1.82) is 0 Å². The SMILES string of the molecule is Cc1ncccc1O[C@@H](c1ccccc1)[C@H]1CCNC1. The molecule has 3 nitrogen and oxygen atoms in total. The third kappa shape index (κ3) is 2.83. The lowest BCUT2D eigenvalue weighted by atomic mass is 9.95. The van der Waals surface area contributed by atoms with Gasteiger partial charge in [-0.05, 0) is 37.6 Å². The topological polar surface area (TPSA) is 34.1 Å². The third-order valence-corrected chi connectivity index (χ3v) is 3.87. The highest BCUT2D eigenvalue weighted by atomic mass is 16.5. The van der Waals surface area contributed by atoms with E-state index in [0.29, 0.717) is 5.92 Å². The third-order valence-electron chi connectivity index (χ3n) is 3.87. The standard InChI is InChI=1S/C17H20N2O/c1-13-16(8-5-10-19-13)20-17(15-9-11-18-12-15)14-6-3-2-4-7-14/h2-8,10,15,17-18H,9,11-12H2,1H3/t15-,17-/m0/s1. The molecule has 2 aromatic rings. The first-order chi connectivity index (χ1) is 9.84. The zero-order valence-electron chi connectivity index (χ0n) is 11.8. The molecule has 0 unspecified atom stereocenters. The van der Waals surface area contributed by atoms with Crippen LogP contribution in [0.1, 0.15) is 23.8 Å². The lowest BCUT2D eigenvalue weighted by molar-refractivity contribution is 0.143. The largest absolute Gasteiger partial charge is 0.483 e. The van der Waals surface area contributed by atoms with Crippen molar-refractivity contribution in [2.45, 2.75) is 19.4 Å². The Balaban J connectivity index is 1.88. The van der Waals surface area contributed by atoms with Crippen LogP contribution in [0.15, 0.2) is 48.7 Å². The van der Waals surface area contributed by atoms with E-state index >= 15 is 0 Å². The quantitative estimate of drug-likeness (QED) is 0.925. The van der Waals surface area contributed by atoms with E-state index in [1.165, 1.54) is 5.56 Å². The lowest BCUT2D eigenvalue weighted by Gasteiger charge is -2.25. The zero-order valence-corrected chi connectivity index (χ0v) is 11.8. The summed E-state index contributed by atoms with van der Waals surface area (Å²) in [6.45, 7) is 4.08. The number of hydrogen-bond acceptors (Lipinski definition) is 3. The molecular weight excluding hydrogens is 248 g/mol. The van der Waals surface area contributed by atoms with Gasteiger partial charge in [0.1, 0.15) is 11.9 Å². The van der Waals surface area contributed by atoms with E-state index in [4.69, 9.17) is 4.74 Å². The van der Waals surface area contributed by atoms with E-state index in [1.54, 1.807) is 6.20 Å². The van der Waals surface area contributed by atoms with Crippen molar-refractivity contribution in [2.75, 3.05) is 13.1 Å². The zero-order chi connectivity index (χ0) is 13.8. The molecule has 0 amide bonds. The Bertz CT molecular complexity index is 550. The van der Waals surface area contributed by atoms with Crippen LogP contribution in [0.2, 0.25) is 0 Å². The van der Waals surface area contributed by atoms with Crippen LogP contribution in [0.3, 0.4) is 0 Å². The van der Waals surface area contributed by atoms with E-state index in [-0.39, 0.29) is 6.10 Å². The Morgan fingerprint density at radius 1 is 1.20 bits per heavy atom. The molecular formula is C17H20N2O. The lowest BCUT2D eigenvalue weighted by Crippen LogP contribution is -2.21. The van der Waals surface area contributed by atoms with Crippen molar-refractivity contribution in [1.82, 2.24) is 10.3 Å². The molecule has 0 spiro atoms. The molecule has 20 heavy (non-hydrogen) atoms. The molecule has 3 heteroatoms. The van der Waals surface area contributed by atoms with Crippen molar-refractivity contribution >= 4 is 0 Å². The van der Waals surface area contributed by atoms with Gasteiger partial charge in [-0.1, -0.05) is 30.3 Å². The molecule has 104 valence electrons. The average molecular weight is 268 g/mol. The van der Waals surface area contributed by atoms with Gasteiger partial charge in [0, 0.05) is 18.7 Å². The number of pyridine rings is 1. The van der Waals surface area contributed by atoms with Crippen LogP contribution < -0.4 is 10.1 Å². The molecule has 0 saturated carbocycles. The maximum atomic E-state index is 6.31. The molecule has 1 aliphatic rings. The van der Waals surface area contributed by atoms with E-state index in [1.807, 2.05) is 25.1 Å². The van der Waals surface area contributed by atoms with Crippen LogP contribution in [-0.4, -0.2) is 18.1 Å². The second-order valence-corrected chi connectivity index (χ2v) is 5.29. The number of nitrogens with one attached hydrogen (secondary N) is 1. The van der Waals surface area contributed by atoms with Crippen molar-refractivity contribution in [2.24, 2.45) is 5.92 Å². The molecule has 2 heterocycles. The maximum absolute atomic E-state index is 6.31. The van der Waals surface area contributed by atoms with Crippen LogP contribution >= 0.6 is 0 Å². The summed E-state index contributed by atoms with van der Waals surface area (Å²) in [5, 5.41) is 3.43. The predicted molar refractivity (Wildman–Crippen MR) is 79.8 cm³/mol. The highest BCUT2D eigenvalue weighted by Gasteiger charge is 2.28. The minimum absolute atomic E-state index is 0.0918. The number of benzene rings is 1. The maximum Gasteiger partial charge on any atom is 0.141 e. The Labute approximate surface area is 120 Å². The molecule has 1 aromatic heterocycles. The van der Waals surface area contributed by atoms with Crippen LogP contribution in [0.5, 0.6) is 5.75 Å². The number of aryl methyl sites for hydroxylation is 1. The molecule has 1 fully saturated rings. The van der Waals surface area contributed by atoms with Crippen LogP contribution in [-0.2, 0) is 0 Å². The van der Waals surface area contributed by atoms with Crippen LogP contribution in [0, 0.1) is 12.8 Å². The van der Waals surface area contributed by atoms with Gasteiger partial charge in [-0.3, -0.25) is 4.98 Å². The summed E-state index contributed by atoms with van der Waals surface area (Å²) in [5.74, 6) is 1.39. The summed E-state index contributed by atoms with van der Waals surface area (Å²) in [7, 11) is 0. The Morgan fingerprint density at radius 2 is 2.05 bits per heavy atom. The van der Waals surface area contributed by atoms with Crippen LogP contribution in [0.25, 0.3) is 0 Å². The summed E-state index contributed by atoms with van der Waals surface area (Å²) in [5.41, 5.74) is 2.18. The minimum Gasteiger partial charge on any atom is -0.483 e. The van der Waals surface area contributed by atoms with Gasteiger partial charge in [-0.15, -0.1) is 0 Å². The minimum atomic E-state index is 0.0918. The Kier molecular flexibility index (Phi) is 3.97. The molecule has 1 N–H and O–H groups in total. The van der Waals surface area contributed by atoms with Crippen molar-refractivity contribution in [3.63, 3.8) is 0 Å². The van der Waals surface area contributed by atoms with Gasteiger partial charge in [0.25, 0.3) is 0 Å². The van der Waals surface area contributed by atoms with Crippen molar-refractivity contribution < 1.29 is 4.74 Å². The normalized spacial score (nSPS) is 19.8. The second kappa shape index (κ2) is 6.06. The van der Waals surface area contributed by atoms with Crippen molar-refractivity contribution in [3.05, 3.63) is 59.9 Å². The molecule has 0 radical (unpaired) electrons. The summed E-state index contributed by atoms with van der Waals surface area (Å²) in [6, 6.07) is 14.4. The number of hydrogen-bond donors (Lipinski definition) is 1. The van der Waals surface area contributed by atoms with Gasteiger partial charge in [-0.25, -0.2) is 0 Å². The molecule has 1 aromatic carbocycles. The number of aromatic nitrogens is 1. The van der Waals surface area contributed by atoms with Gasteiger partial charge in [0.2, 0.25) is 0 Å². The monoisotopic (exact) mass is 268 g/mol. The first-order valence-corrected chi connectivity index (χ1v) is 7.18. The predicted octanol–water partition coefficient (Wildman–Crippen LogP) is 3.12. The number of ether oxygens (including phenoxy) is 1. The number of nitrogens with zero attached hydrogens (tertiary/aromatic N) is 1. The molecule has 0 bridgehead atoms. The van der Waals surface area contributed by atoms with E-state index < -0.39 is 0 Å². The van der Waals surface area contributed by atoms with E-state index in [9.17, 15) is 0 Å². The molecule has 1 aliphatic heterocycles. The highest BCUT2D eigenvalue weighted by Crippen LogP contribution is 2.32. The summed E-state index contributed by atoms with van der Waals surface area (Å²) < 4.78 is 6.31. The Morgan fingerprint density at radius 3 is 2.75 bits per heavy atom. The van der Waals surface area contributed by atoms with Gasteiger partial charge in [-0.2, -0.15) is 0 Å². The van der Waals surface area contributed by atoms with Gasteiger partial charge < -0.3 is 10.1 Å². The first-order valence-electron chi connectivity index (χ1n) is 7.18. The fourth-order valence-electron chi connectivity index (χ4n) is 2.75. The first kappa shape index (κ1) is 13.1. The smallest absolute Gasteiger partial charge is 0.141 e. The van der Waals surface area contributed by atoms with Gasteiger partial charge >= 0.3 is 0 Å². The highest BCUT2D eigenvalue weighted by molar-refractivity contribution is 5.28. The van der Waals surface area contributed by atoms with Gasteiger partial charge in [0.05, 0.1) is 5.69 Å². The van der Waals surface area contributed by atoms with Crippen LogP contribution in [0.4, 0.5) is 0 Å². The molecule has 3 rings (SSSR count). The van der Waals surface area contributed by atoms with E-state index in [2.05, 4.69) is 34.6 Å². The van der Waals surface area contributed by atoms with Gasteiger partial charge in [0.15, 0.2) is 0 Å². The average Bonchev–Trinajstić information content (AvgIpc) is 3.01. The van der Waals surface area contributed by atoms with E-state index in [0.717, 1.165) is 31.0 Å². The second-order valence-electron chi connectivity index (χ2n) is 5.29. The molecule has 0 aliphatic carbocycles. The Hall–Kier alpha value is -1.87. The summed E-state index contributed by atoms with van der Waals surface area (Å²) in [4.78, 5) is 4.31. The number of rotatable bonds is 4. The van der Waals surface area contributed by atoms with Crippen molar-refractivity contribution in [3.8, 4) is 5.75 Å². The fraction of sp³-hybridized carbons (Fsp3) is 0.353. The molecule has 2 atom stereocenters. The fourth-order valence-corrected chi connectivity index (χ4v) is 2.75. The summed E-state index contributed by atoms with van der Waals surface area (Å²) in [6.07, 6.45) is 3.05. The summed E-state index contributed by atoms with van der Waals surface area (Å²) >= 11 is 0.